The van der Waals surface area contributed by atoms with Gasteiger partial charge in [0, 0.05) is 5.56 Å². The molecule has 33 heavy (non-hydrogen) atoms. The molecule has 1 atom stereocenters. The highest BCUT2D eigenvalue weighted by atomic mass is 16.7. The van der Waals surface area contributed by atoms with Crippen LogP contribution in [0.1, 0.15) is 15.9 Å². The third-order valence-electron chi connectivity index (χ3n) is 4.91. The molecule has 0 radical (unpaired) electrons. The van der Waals surface area contributed by atoms with Crippen molar-refractivity contribution in [3.8, 4) is 28.7 Å². The molecule has 0 unspecified atom stereocenters. The van der Waals surface area contributed by atoms with Gasteiger partial charge < -0.3 is 23.7 Å². The highest BCUT2D eigenvalue weighted by Gasteiger charge is 2.27. The predicted molar refractivity (Wildman–Crippen MR) is 116 cm³/mol. The second-order valence-electron chi connectivity index (χ2n) is 7.09. The first-order valence-electron chi connectivity index (χ1n) is 10.1. The molecule has 0 spiro atoms. The van der Waals surface area contributed by atoms with Crippen LogP contribution in [-0.4, -0.2) is 37.6 Å². The molecule has 0 saturated heterocycles. The van der Waals surface area contributed by atoms with Crippen LogP contribution in [0.3, 0.4) is 0 Å². The molecule has 0 aromatic heterocycles. The molecule has 0 saturated carbocycles. The molecule has 0 bridgehead atoms. The number of benzene rings is 3. The zero-order chi connectivity index (χ0) is 22.6. The van der Waals surface area contributed by atoms with E-state index < -0.39 is 18.0 Å². The van der Waals surface area contributed by atoms with Gasteiger partial charge in [-0.05, 0) is 42.5 Å². The van der Waals surface area contributed by atoms with Gasteiger partial charge in [-0.3, -0.25) is 4.79 Å². The highest BCUT2D eigenvalue weighted by Crippen LogP contribution is 2.33. The third-order valence-corrected chi connectivity index (χ3v) is 4.91. The van der Waals surface area contributed by atoms with Gasteiger partial charge in [0.25, 0.3) is 5.91 Å². The Morgan fingerprint density at radius 2 is 1.67 bits per heavy atom. The number of esters is 1. The summed E-state index contributed by atoms with van der Waals surface area (Å²) >= 11 is 0. The number of fused-ring (bicyclic) bond motifs is 2. The van der Waals surface area contributed by atoms with Crippen molar-refractivity contribution in [3.63, 3.8) is 0 Å². The molecule has 166 valence electrons. The van der Waals surface area contributed by atoms with Gasteiger partial charge in [-0.1, -0.05) is 24.3 Å². The lowest BCUT2D eigenvalue weighted by Gasteiger charge is -2.24. The molecule has 1 N–H and O–H groups in total. The first kappa shape index (κ1) is 20.4. The lowest BCUT2D eigenvalue weighted by molar-refractivity contribution is -0.130. The predicted octanol–water partition coefficient (Wildman–Crippen LogP) is 2.92. The standard InChI is InChI=1S/C24H18N2O7/c27-23(22-13-29-18-7-3-4-8-20(18)32-22)26-25-12-16-5-1-2-6-17(16)33-24(28)15-9-10-19-21(11-15)31-14-30-19/h1-12,22H,13-14H2,(H,26,27)/b25-12-/t22-/m0/s1. The van der Waals surface area contributed by atoms with Crippen LogP contribution in [0.25, 0.3) is 0 Å². The summed E-state index contributed by atoms with van der Waals surface area (Å²) in [6.45, 7) is 0.186. The van der Waals surface area contributed by atoms with Gasteiger partial charge in [0.1, 0.15) is 12.4 Å². The maximum absolute atomic E-state index is 12.6. The summed E-state index contributed by atoms with van der Waals surface area (Å²) in [6.07, 6.45) is 0.550. The van der Waals surface area contributed by atoms with Crippen LogP contribution in [0.5, 0.6) is 28.7 Å². The topological polar surface area (TPSA) is 105 Å². The molecule has 3 aromatic rings. The Labute approximate surface area is 188 Å². The zero-order valence-electron chi connectivity index (χ0n) is 17.2. The van der Waals surface area contributed by atoms with Crippen LogP contribution in [0.2, 0.25) is 0 Å². The second-order valence-corrected chi connectivity index (χ2v) is 7.09. The molecule has 2 heterocycles. The second kappa shape index (κ2) is 8.91. The van der Waals surface area contributed by atoms with E-state index in [0.717, 1.165) is 0 Å². The first-order chi connectivity index (χ1) is 16.2. The SMILES string of the molecule is O=C(Oc1ccccc1/C=N\NC(=O)[C@@H]1COc2ccccc2O1)c1ccc2c(c1)OCO2. The van der Waals surface area contributed by atoms with Crippen molar-refractivity contribution in [1.29, 1.82) is 0 Å². The molecule has 0 aliphatic carbocycles. The number of hydrogen-bond donors (Lipinski definition) is 1. The summed E-state index contributed by atoms with van der Waals surface area (Å²) in [4.78, 5) is 25.0. The Morgan fingerprint density at radius 1 is 0.909 bits per heavy atom. The minimum absolute atomic E-state index is 0.0715. The monoisotopic (exact) mass is 446 g/mol. The Balaban J connectivity index is 1.23. The number of hydrogen-bond acceptors (Lipinski definition) is 8. The molecular weight excluding hydrogens is 428 g/mol. The van der Waals surface area contributed by atoms with Crippen molar-refractivity contribution < 1.29 is 33.3 Å². The smallest absolute Gasteiger partial charge is 0.343 e. The van der Waals surface area contributed by atoms with Gasteiger partial charge in [-0.2, -0.15) is 5.10 Å². The van der Waals surface area contributed by atoms with E-state index in [1.807, 2.05) is 6.07 Å². The summed E-state index contributed by atoms with van der Waals surface area (Å²) in [7, 11) is 0. The van der Waals surface area contributed by atoms with E-state index in [-0.39, 0.29) is 19.1 Å². The number of rotatable bonds is 5. The van der Waals surface area contributed by atoms with Crippen molar-refractivity contribution >= 4 is 18.1 Å². The lowest BCUT2D eigenvalue weighted by atomic mass is 10.2. The minimum atomic E-state index is -0.837. The van der Waals surface area contributed by atoms with Crippen LogP contribution in [0.15, 0.2) is 71.8 Å². The average molecular weight is 446 g/mol. The Kier molecular flexibility index (Phi) is 5.50. The maximum atomic E-state index is 12.6. The minimum Gasteiger partial charge on any atom is -0.485 e. The molecule has 5 rings (SSSR count). The van der Waals surface area contributed by atoms with Crippen molar-refractivity contribution in [2.24, 2.45) is 5.10 Å². The molecule has 2 aliphatic rings. The Hall–Kier alpha value is -4.53. The fraction of sp³-hybridized carbons (Fsp3) is 0.125. The number of nitrogens with zero attached hydrogens (tertiary/aromatic N) is 1. The molecule has 1 amide bonds. The number of ether oxygens (including phenoxy) is 5. The van der Waals surface area contributed by atoms with Crippen LogP contribution in [0, 0.1) is 0 Å². The molecular formula is C24H18N2O7. The number of amides is 1. The van der Waals surface area contributed by atoms with E-state index in [1.165, 1.54) is 6.21 Å². The highest BCUT2D eigenvalue weighted by molar-refractivity contribution is 5.94. The normalized spacial score (nSPS) is 15.8. The number of hydrazone groups is 1. The molecule has 0 fully saturated rings. The Bertz CT molecular complexity index is 1240. The van der Waals surface area contributed by atoms with E-state index in [0.29, 0.717) is 34.1 Å². The van der Waals surface area contributed by atoms with Crippen molar-refractivity contribution in [1.82, 2.24) is 5.43 Å². The zero-order valence-corrected chi connectivity index (χ0v) is 17.2. The van der Waals surface area contributed by atoms with Crippen LogP contribution in [0.4, 0.5) is 0 Å². The van der Waals surface area contributed by atoms with Gasteiger partial charge in [0.15, 0.2) is 23.0 Å². The van der Waals surface area contributed by atoms with Gasteiger partial charge in [-0.25, -0.2) is 10.2 Å². The van der Waals surface area contributed by atoms with Crippen molar-refractivity contribution in [3.05, 3.63) is 77.9 Å². The first-order valence-corrected chi connectivity index (χ1v) is 10.1. The van der Waals surface area contributed by atoms with Gasteiger partial charge in [0.2, 0.25) is 12.9 Å². The fourth-order valence-corrected chi connectivity index (χ4v) is 3.25. The lowest BCUT2D eigenvalue weighted by Crippen LogP contribution is -2.42. The van der Waals surface area contributed by atoms with E-state index in [4.69, 9.17) is 23.7 Å². The largest absolute Gasteiger partial charge is 0.485 e. The van der Waals surface area contributed by atoms with Gasteiger partial charge >= 0.3 is 5.97 Å². The molecule has 9 nitrogen and oxygen atoms in total. The average Bonchev–Trinajstić information content (AvgIpc) is 3.32. The summed E-state index contributed by atoms with van der Waals surface area (Å²) in [5, 5.41) is 3.97. The van der Waals surface area contributed by atoms with E-state index in [9.17, 15) is 9.59 Å². The number of carbonyl (C=O) groups is 2. The maximum Gasteiger partial charge on any atom is 0.343 e. The quantitative estimate of drug-likeness (QED) is 0.278. The van der Waals surface area contributed by atoms with Gasteiger partial charge in [-0.15, -0.1) is 0 Å². The molecule has 3 aromatic carbocycles. The number of nitrogens with one attached hydrogen (secondary N) is 1. The van der Waals surface area contributed by atoms with Gasteiger partial charge in [0.05, 0.1) is 11.8 Å². The third kappa shape index (κ3) is 4.42. The summed E-state index contributed by atoms with van der Waals surface area (Å²) < 4.78 is 27.3. The van der Waals surface area contributed by atoms with E-state index in [2.05, 4.69) is 10.5 Å². The number of para-hydroxylation sites is 3. The Morgan fingerprint density at radius 3 is 2.58 bits per heavy atom. The molecule has 9 heteroatoms. The van der Waals surface area contributed by atoms with E-state index in [1.54, 1.807) is 60.7 Å². The number of carbonyl (C=O) groups excluding carboxylic acids is 2. The summed E-state index contributed by atoms with van der Waals surface area (Å²) in [5.41, 5.74) is 3.24. The molecule has 2 aliphatic heterocycles. The van der Waals surface area contributed by atoms with Crippen molar-refractivity contribution in [2.45, 2.75) is 6.10 Å². The van der Waals surface area contributed by atoms with Crippen LogP contribution < -0.4 is 29.1 Å². The summed E-state index contributed by atoms with van der Waals surface area (Å²) in [6, 6.07) is 18.7. The van der Waals surface area contributed by atoms with Crippen LogP contribution >= 0.6 is 0 Å². The summed E-state index contributed by atoms with van der Waals surface area (Å²) in [5.74, 6) is 1.39. The van der Waals surface area contributed by atoms with E-state index >= 15 is 0 Å². The van der Waals surface area contributed by atoms with Crippen molar-refractivity contribution in [2.75, 3.05) is 13.4 Å². The van der Waals surface area contributed by atoms with Crippen LogP contribution in [-0.2, 0) is 4.79 Å². The fourth-order valence-electron chi connectivity index (χ4n) is 3.25.